The monoisotopic (exact) mass is 561 g/mol. The standard InChI is InChI=1S/C28H28BrN5O3/c1-5-17-8-7-9-18(6-2)24(17)32-26(35)19-10-11-22(16(3)12-19)31-28-30-14-21(29)25(33-28)23-13-20(27(36)37)15-34(23)4/h7-15H,5-6H2,1-4H3,(H,32,35)(H,36,37)(H,30,31,33). The van der Waals surface area contributed by atoms with Gasteiger partial charge in [-0.25, -0.2) is 14.8 Å². The molecule has 0 spiro atoms. The molecule has 0 bridgehead atoms. The van der Waals surface area contributed by atoms with E-state index in [-0.39, 0.29) is 11.5 Å². The third kappa shape index (κ3) is 5.56. The Kier molecular flexibility index (Phi) is 7.73. The van der Waals surface area contributed by atoms with Gasteiger partial charge in [0.25, 0.3) is 5.91 Å². The lowest BCUT2D eigenvalue weighted by molar-refractivity contribution is 0.0696. The summed E-state index contributed by atoms with van der Waals surface area (Å²) < 4.78 is 2.35. The van der Waals surface area contributed by atoms with Gasteiger partial charge in [-0.05, 0) is 76.7 Å². The Labute approximate surface area is 223 Å². The fourth-order valence-electron chi connectivity index (χ4n) is 4.18. The van der Waals surface area contributed by atoms with Crippen LogP contribution in [0.4, 0.5) is 17.3 Å². The number of carbonyl (C=O) groups excluding carboxylic acids is 1. The van der Waals surface area contributed by atoms with Gasteiger partial charge in [-0.2, -0.15) is 0 Å². The maximum absolute atomic E-state index is 13.1. The van der Waals surface area contributed by atoms with Crippen LogP contribution < -0.4 is 10.6 Å². The summed E-state index contributed by atoms with van der Waals surface area (Å²) in [7, 11) is 1.76. The van der Waals surface area contributed by atoms with E-state index < -0.39 is 5.97 Å². The number of aromatic carboxylic acids is 1. The number of anilines is 3. The molecule has 190 valence electrons. The predicted octanol–water partition coefficient (Wildman–Crippen LogP) is 6.37. The Morgan fingerprint density at radius 3 is 2.35 bits per heavy atom. The number of hydrogen-bond donors (Lipinski definition) is 3. The number of hydrogen-bond acceptors (Lipinski definition) is 5. The fraction of sp³-hybridized carbons (Fsp3) is 0.214. The molecule has 0 aliphatic heterocycles. The van der Waals surface area contributed by atoms with Gasteiger partial charge < -0.3 is 20.3 Å². The van der Waals surface area contributed by atoms with Gasteiger partial charge in [0.15, 0.2) is 0 Å². The summed E-state index contributed by atoms with van der Waals surface area (Å²) in [5, 5.41) is 15.6. The topological polar surface area (TPSA) is 109 Å². The lowest BCUT2D eigenvalue weighted by Gasteiger charge is -2.15. The van der Waals surface area contributed by atoms with Crippen molar-refractivity contribution in [1.29, 1.82) is 0 Å². The van der Waals surface area contributed by atoms with E-state index in [4.69, 9.17) is 0 Å². The van der Waals surface area contributed by atoms with E-state index in [0.717, 1.165) is 40.9 Å². The zero-order valence-corrected chi connectivity index (χ0v) is 22.7. The van der Waals surface area contributed by atoms with Crippen molar-refractivity contribution in [2.24, 2.45) is 7.05 Å². The molecule has 1 amide bonds. The van der Waals surface area contributed by atoms with Crippen molar-refractivity contribution >= 4 is 45.1 Å². The number of rotatable bonds is 8. The van der Waals surface area contributed by atoms with E-state index in [1.807, 2.05) is 37.3 Å². The van der Waals surface area contributed by atoms with E-state index in [9.17, 15) is 14.7 Å². The number of carboxylic acids is 1. The Morgan fingerprint density at radius 2 is 1.76 bits per heavy atom. The van der Waals surface area contributed by atoms with Gasteiger partial charge in [0.1, 0.15) is 5.69 Å². The van der Waals surface area contributed by atoms with E-state index in [1.165, 1.54) is 6.20 Å². The first kappa shape index (κ1) is 26.1. The van der Waals surface area contributed by atoms with Gasteiger partial charge in [-0.3, -0.25) is 4.79 Å². The maximum atomic E-state index is 13.1. The first-order chi connectivity index (χ1) is 17.7. The minimum atomic E-state index is -1.01. The van der Waals surface area contributed by atoms with Crippen LogP contribution in [0.2, 0.25) is 0 Å². The molecule has 4 rings (SSSR count). The van der Waals surface area contributed by atoms with Gasteiger partial charge in [0.2, 0.25) is 5.95 Å². The summed E-state index contributed by atoms with van der Waals surface area (Å²) in [5.74, 6) is -0.819. The zero-order chi connectivity index (χ0) is 26.7. The zero-order valence-electron chi connectivity index (χ0n) is 21.1. The summed E-state index contributed by atoms with van der Waals surface area (Å²) in [4.78, 5) is 33.4. The predicted molar refractivity (Wildman–Crippen MR) is 149 cm³/mol. The Hall–Kier alpha value is -3.98. The normalized spacial score (nSPS) is 10.8. The second kappa shape index (κ2) is 11.0. The number of halogens is 1. The average Bonchev–Trinajstić information content (AvgIpc) is 3.28. The highest BCUT2D eigenvalue weighted by molar-refractivity contribution is 9.10. The van der Waals surface area contributed by atoms with Crippen LogP contribution in [-0.4, -0.2) is 31.5 Å². The van der Waals surface area contributed by atoms with Crippen molar-refractivity contribution in [3.8, 4) is 11.4 Å². The minimum Gasteiger partial charge on any atom is -0.478 e. The van der Waals surface area contributed by atoms with Gasteiger partial charge >= 0.3 is 5.97 Å². The van der Waals surface area contributed by atoms with E-state index in [1.54, 1.807) is 29.9 Å². The van der Waals surface area contributed by atoms with Crippen LogP contribution in [0, 0.1) is 6.92 Å². The molecule has 9 heteroatoms. The molecule has 0 radical (unpaired) electrons. The lowest BCUT2D eigenvalue weighted by Crippen LogP contribution is -2.15. The van der Waals surface area contributed by atoms with Crippen molar-refractivity contribution in [3.05, 3.63) is 87.1 Å². The fourth-order valence-corrected chi connectivity index (χ4v) is 4.57. The van der Waals surface area contributed by atoms with Crippen LogP contribution in [-0.2, 0) is 19.9 Å². The third-order valence-corrected chi connectivity index (χ3v) is 6.79. The van der Waals surface area contributed by atoms with Crippen molar-refractivity contribution in [1.82, 2.24) is 14.5 Å². The average molecular weight is 562 g/mol. The summed E-state index contributed by atoms with van der Waals surface area (Å²) >= 11 is 3.46. The van der Waals surface area contributed by atoms with E-state index in [2.05, 4.69) is 50.4 Å². The van der Waals surface area contributed by atoms with Gasteiger partial charge in [0, 0.05) is 36.4 Å². The number of aromatic nitrogens is 3. The Balaban J connectivity index is 1.57. The smallest absolute Gasteiger partial charge is 0.337 e. The molecule has 0 fully saturated rings. The first-order valence-corrected chi connectivity index (χ1v) is 12.7. The van der Waals surface area contributed by atoms with Crippen LogP contribution in [0.3, 0.4) is 0 Å². The molecule has 2 aromatic carbocycles. The number of amides is 1. The summed E-state index contributed by atoms with van der Waals surface area (Å²) in [5.41, 5.74) is 6.64. The molecule has 0 aliphatic rings. The largest absolute Gasteiger partial charge is 0.478 e. The highest BCUT2D eigenvalue weighted by atomic mass is 79.9. The first-order valence-electron chi connectivity index (χ1n) is 11.9. The highest BCUT2D eigenvalue weighted by Gasteiger charge is 2.17. The molecule has 2 aromatic heterocycles. The van der Waals surface area contributed by atoms with Gasteiger partial charge in [-0.1, -0.05) is 32.0 Å². The number of nitrogens with one attached hydrogen (secondary N) is 2. The second-order valence-corrected chi connectivity index (χ2v) is 9.54. The second-order valence-electron chi connectivity index (χ2n) is 8.69. The van der Waals surface area contributed by atoms with E-state index in [0.29, 0.717) is 27.4 Å². The molecule has 37 heavy (non-hydrogen) atoms. The minimum absolute atomic E-state index is 0.162. The lowest BCUT2D eigenvalue weighted by atomic mass is 10.0. The van der Waals surface area contributed by atoms with Crippen molar-refractivity contribution < 1.29 is 14.7 Å². The van der Waals surface area contributed by atoms with Crippen LogP contribution in [0.15, 0.2) is 59.3 Å². The molecule has 3 N–H and O–H groups in total. The van der Waals surface area contributed by atoms with E-state index >= 15 is 0 Å². The number of benzene rings is 2. The number of carboxylic acid groups (broad SMARTS) is 1. The van der Waals surface area contributed by atoms with Crippen molar-refractivity contribution in [2.45, 2.75) is 33.6 Å². The third-order valence-electron chi connectivity index (χ3n) is 6.21. The number of nitrogens with zero attached hydrogens (tertiary/aromatic N) is 3. The van der Waals surface area contributed by atoms with Crippen LogP contribution in [0.1, 0.15) is 51.3 Å². The van der Waals surface area contributed by atoms with Crippen molar-refractivity contribution in [3.63, 3.8) is 0 Å². The number of aryl methyl sites for hydroxylation is 4. The summed E-state index contributed by atoms with van der Waals surface area (Å²) in [6.45, 7) is 6.06. The quantitative estimate of drug-likeness (QED) is 0.230. The Bertz CT molecular complexity index is 1470. The maximum Gasteiger partial charge on any atom is 0.337 e. The molecule has 0 aliphatic carbocycles. The van der Waals surface area contributed by atoms with Crippen LogP contribution >= 0.6 is 15.9 Å². The van der Waals surface area contributed by atoms with Crippen LogP contribution in [0.25, 0.3) is 11.4 Å². The Morgan fingerprint density at radius 1 is 1.05 bits per heavy atom. The molecule has 0 saturated heterocycles. The molecule has 0 atom stereocenters. The molecular weight excluding hydrogens is 534 g/mol. The molecule has 4 aromatic rings. The van der Waals surface area contributed by atoms with Crippen LogP contribution in [0.5, 0.6) is 0 Å². The molecule has 2 heterocycles. The van der Waals surface area contributed by atoms with Gasteiger partial charge in [-0.15, -0.1) is 0 Å². The molecule has 0 saturated carbocycles. The summed E-state index contributed by atoms with van der Waals surface area (Å²) in [6, 6.07) is 13.1. The number of carbonyl (C=O) groups is 2. The van der Waals surface area contributed by atoms with Gasteiger partial charge in [0.05, 0.1) is 15.7 Å². The molecule has 0 unspecified atom stereocenters. The molecule has 8 nitrogen and oxygen atoms in total. The summed E-state index contributed by atoms with van der Waals surface area (Å²) in [6.07, 6.45) is 4.82. The number of para-hydroxylation sites is 1. The van der Waals surface area contributed by atoms with Crippen molar-refractivity contribution in [2.75, 3.05) is 10.6 Å². The SMILES string of the molecule is CCc1cccc(CC)c1NC(=O)c1ccc(Nc2ncc(Br)c(-c3cc(C(=O)O)cn3C)n2)c(C)c1. The highest BCUT2D eigenvalue weighted by Crippen LogP contribution is 2.30. The molecular formula is C28H28BrN5O3.